The highest BCUT2D eigenvalue weighted by atomic mass is 32.1. The first-order chi connectivity index (χ1) is 15.0. The number of rotatable bonds is 8. The monoisotopic (exact) mass is 440 g/mol. The molecule has 31 heavy (non-hydrogen) atoms. The summed E-state index contributed by atoms with van der Waals surface area (Å²) in [7, 11) is 1.58. The molecule has 1 aromatic carbocycles. The minimum Gasteiger partial charge on any atom is -0.493 e. The number of H-pyrrole nitrogens is 1. The topological polar surface area (TPSA) is 111 Å². The Bertz CT molecular complexity index is 1250. The molecule has 0 aliphatic rings. The molecule has 160 valence electrons. The van der Waals surface area contributed by atoms with Crippen molar-refractivity contribution >= 4 is 17.4 Å². The summed E-state index contributed by atoms with van der Waals surface area (Å²) in [6.45, 7) is 2.04. The summed E-state index contributed by atoms with van der Waals surface area (Å²) in [4.78, 5) is 18.2. The first-order valence-corrected chi connectivity index (χ1v) is 10.2. The summed E-state index contributed by atoms with van der Waals surface area (Å²) in [6, 6.07) is 9.19. The lowest BCUT2D eigenvalue weighted by molar-refractivity contribution is 0.279. The van der Waals surface area contributed by atoms with E-state index >= 15 is 0 Å². The molecule has 9 heteroatoms. The van der Waals surface area contributed by atoms with E-state index in [1.807, 2.05) is 31.2 Å². The summed E-state index contributed by atoms with van der Waals surface area (Å²) < 4.78 is 22.3. The van der Waals surface area contributed by atoms with Crippen molar-refractivity contribution in [1.29, 1.82) is 0 Å². The van der Waals surface area contributed by atoms with Crippen molar-refractivity contribution in [3.05, 3.63) is 74.2 Å². The van der Waals surface area contributed by atoms with Crippen LogP contribution in [0.2, 0.25) is 0 Å². The second kappa shape index (κ2) is 8.97. The number of aromatic amines is 1. The minimum atomic E-state index is -0.293. The molecule has 0 spiro atoms. The number of hydrogen-bond donors (Lipinski definition) is 2. The molecule has 0 atom stereocenters. The summed E-state index contributed by atoms with van der Waals surface area (Å²) in [5.74, 6) is 2.68. The third-order valence-electron chi connectivity index (χ3n) is 4.50. The number of aromatic nitrogens is 2. The second-order valence-electron chi connectivity index (χ2n) is 6.61. The van der Waals surface area contributed by atoms with Gasteiger partial charge in [-0.15, -0.1) is 0 Å². The quantitative estimate of drug-likeness (QED) is 0.414. The number of nitrogens with one attached hydrogen (secondary N) is 1. The molecule has 8 nitrogen and oxygen atoms in total. The molecule has 0 aliphatic heterocycles. The number of allylic oxidation sites excluding steroid dienone is 1. The molecule has 2 N–H and O–H groups in total. The van der Waals surface area contributed by atoms with Crippen molar-refractivity contribution in [3.63, 3.8) is 0 Å². The highest BCUT2D eigenvalue weighted by molar-refractivity contribution is 7.10. The van der Waals surface area contributed by atoms with Gasteiger partial charge in [-0.2, -0.15) is 0 Å². The van der Waals surface area contributed by atoms with Crippen molar-refractivity contribution in [3.8, 4) is 29.0 Å². The van der Waals surface area contributed by atoms with Gasteiger partial charge in [-0.1, -0.05) is 23.5 Å². The second-order valence-corrected chi connectivity index (χ2v) is 7.62. The number of hydrogen-bond acceptors (Lipinski definition) is 8. The van der Waals surface area contributed by atoms with Crippen molar-refractivity contribution in [2.24, 2.45) is 0 Å². The van der Waals surface area contributed by atoms with Crippen LogP contribution in [0.5, 0.6) is 17.4 Å². The molecule has 0 saturated carbocycles. The first-order valence-electron chi connectivity index (χ1n) is 9.42. The molecule has 0 unspecified atom stereocenters. The van der Waals surface area contributed by atoms with Crippen molar-refractivity contribution < 1.29 is 23.4 Å². The maximum atomic E-state index is 11.2. The fourth-order valence-corrected chi connectivity index (χ4v) is 3.58. The Labute approximate surface area is 181 Å². The Morgan fingerprint density at radius 1 is 1.29 bits per heavy atom. The van der Waals surface area contributed by atoms with Gasteiger partial charge in [0.05, 0.1) is 18.3 Å². The summed E-state index contributed by atoms with van der Waals surface area (Å²) >= 11 is 0.954. The van der Waals surface area contributed by atoms with Crippen LogP contribution in [0, 0.1) is 6.92 Å². The molecule has 0 aliphatic carbocycles. The number of ether oxygens (including phenoxy) is 2. The minimum absolute atomic E-state index is 0.120. The van der Waals surface area contributed by atoms with Crippen LogP contribution in [0.1, 0.15) is 21.9 Å². The average molecular weight is 440 g/mol. The Hall–Kier alpha value is -3.72. The number of oxazole rings is 1. The molecular weight excluding hydrogens is 420 g/mol. The smallest absolute Gasteiger partial charge is 0.307 e. The van der Waals surface area contributed by atoms with E-state index in [1.54, 1.807) is 31.6 Å². The van der Waals surface area contributed by atoms with Crippen LogP contribution in [0.4, 0.5) is 0 Å². The van der Waals surface area contributed by atoms with Crippen molar-refractivity contribution in [1.82, 2.24) is 9.97 Å². The molecule has 4 aromatic rings. The Balaban J connectivity index is 1.42. The van der Waals surface area contributed by atoms with Crippen LogP contribution < -0.4 is 14.3 Å². The zero-order valence-corrected chi connectivity index (χ0v) is 17.7. The van der Waals surface area contributed by atoms with E-state index in [1.165, 1.54) is 0 Å². The van der Waals surface area contributed by atoms with Crippen LogP contribution in [0.15, 0.2) is 56.3 Å². The number of aryl methyl sites for hydroxylation is 1. The van der Waals surface area contributed by atoms with Gasteiger partial charge in [0.1, 0.15) is 18.1 Å². The molecule has 3 heterocycles. The van der Waals surface area contributed by atoms with Crippen molar-refractivity contribution in [2.75, 3.05) is 7.11 Å². The Morgan fingerprint density at radius 2 is 2.16 bits per heavy atom. The Kier molecular flexibility index (Phi) is 5.94. The van der Waals surface area contributed by atoms with Crippen LogP contribution in [0.25, 0.3) is 17.7 Å². The highest BCUT2D eigenvalue weighted by Gasteiger charge is 2.15. The third-order valence-corrected chi connectivity index (χ3v) is 5.33. The largest absolute Gasteiger partial charge is 0.493 e. The fourth-order valence-electron chi connectivity index (χ4n) is 2.92. The third kappa shape index (κ3) is 4.72. The number of methoxy groups -OCH3 is 1. The van der Waals surface area contributed by atoms with Crippen molar-refractivity contribution in [2.45, 2.75) is 20.0 Å². The lowest BCUT2D eigenvalue weighted by atomic mass is 10.1. The van der Waals surface area contributed by atoms with E-state index in [9.17, 15) is 9.90 Å². The van der Waals surface area contributed by atoms with E-state index in [0.29, 0.717) is 45.9 Å². The molecule has 0 amide bonds. The van der Waals surface area contributed by atoms with Gasteiger partial charge in [0, 0.05) is 0 Å². The maximum absolute atomic E-state index is 11.2. The van der Waals surface area contributed by atoms with Crippen LogP contribution in [-0.2, 0) is 13.0 Å². The standard InChI is InChI=1S/C22H20N2O6S/c1-13-15(23-21(30-13)17-6-4-10-28-17)12-29-16-9-8-14(11-18(16)27-2)5-3-7-19-20(25)24-22(26)31-19/h3-4,6-11,25H,5,12H2,1-2H3,(H,24,26). The summed E-state index contributed by atoms with van der Waals surface area (Å²) in [5, 5.41) is 9.62. The van der Waals surface area contributed by atoms with Gasteiger partial charge in [-0.05, 0) is 49.2 Å². The highest BCUT2D eigenvalue weighted by Crippen LogP contribution is 2.30. The molecule has 4 rings (SSSR count). The maximum Gasteiger partial charge on any atom is 0.307 e. The lowest BCUT2D eigenvalue weighted by Crippen LogP contribution is -2.00. The molecule has 0 fully saturated rings. The summed E-state index contributed by atoms with van der Waals surface area (Å²) in [6.07, 6.45) is 5.73. The van der Waals surface area contributed by atoms with E-state index < -0.39 is 0 Å². The normalized spacial score (nSPS) is 11.3. The molecular formula is C22H20N2O6S. The van der Waals surface area contributed by atoms with Gasteiger partial charge < -0.3 is 23.4 Å². The molecule has 0 bridgehead atoms. The van der Waals surface area contributed by atoms with Gasteiger partial charge >= 0.3 is 4.87 Å². The fraction of sp³-hybridized carbons (Fsp3) is 0.182. The number of thiazole rings is 1. The van der Waals surface area contributed by atoms with E-state index in [-0.39, 0.29) is 17.4 Å². The van der Waals surface area contributed by atoms with Crippen LogP contribution >= 0.6 is 11.3 Å². The Morgan fingerprint density at radius 3 is 2.87 bits per heavy atom. The number of furan rings is 1. The van der Waals surface area contributed by atoms with E-state index in [2.05, 4.69) is 9.97 Å². The molecule has 0 radical (unpaired) electrons. The predicted octanol–water partition coefficient (Wildman–Crippen LogP) is 4.54. The summed E-state index contributed by atoms with van der Waals surface area (Å²) in [5.41, 5.74) is 1.66. The lowest BCUT2D eigenvalue weighted by Gasteiger charge is -2.11. The first kappa shape index (κ1) is 20.5. The average Bonchev–Trinajstić information content (AvgIpc) is 3.48. The van der Waals surface area contributed by atoms with Crippen LogP contribution in [0.3, 0.4) is 0 Å². The number of nitrogens with zero attached hydrogens (tertiary/aromatic N) is 1. The van der Waals surface area contributed by atoms with E-state index in [0.717, 1.165) is 16.9 Å². The number of aromatic hydroxyl groups is 1. The molecule has 0 saturated heterocycles. The van der Waals surface area contributed by atoms with E-state index in [4.69, 9.17) is 18.3 Å². The predicted molar refractivity (Wildman–Crippen MR) is 116 cm³/mol. The molecule has 3 aromatic heterocycles. The van der Waals surface area contributed by atoms with Gasteiger partial charge in [-0.25, -0.2) is 4.98 Å². The van der Waals surface area contributed by atoms with Gasteiger partial charge in [0.15, 0.2) is 17.3 Å². The SMILES string of the molecule is COc1cc(CC=Cc2sc(=O)[nH]c2O)ccc1OCc1nc(-c2ccco2)oc1C. The van der Waals surface area contributed by atoms with Gasteiger partial charge in [0.2, 0.25) is 5.88 Å². The van der Waals surface area contributed by atoms with Gasteiger partial charge in [0.25, 0.3) is 5.89 Å². The zero-order valence-electron chi connectivity index (χ0n) is 16.9. The number of benzene rings is 1. The van der Waals surface area contributed by atoms with Gasteiger partial charge in [-0.3, -0.25) is 9.78 Å². The van der Waals surface area contributed by atoms with Crippen LogP contribution in [-0.4, -0.2) is 22.2 Å². The zero-order chi connectivity index (χ0) is 21.8.